The number of morpholine rings is 1. The SMILES string of the molecule is CCNC(=NCC(C)N1CCOCC1)NCCCc1nc2ccccc2s1. The summed E-state index contributed by atoms with van der Waals surface area (Å²) < 4.78 is 6.70. The molecule has 0 saturated carbocycles. The van der Waals surface area contributed by atoms with E-state index in [0.29, 0.717) is 6.04 Å². The van der Waals surface area contributed by atoms with Gasteiger partial charge in [-0.1, -0.05) is 12.1 Å². The van der Waals surface area contributed by atoms with Gasteiger partial charge in [-0.15, -0.1) is 11.3 Å². The fraction of sp³-hybridized carbons (Fsp3) is 0.600. The fourth-order valence-corrected chi connectivity index (χ4v) is 4.18. The van der Waals surface area contributed by atoms with Crippen molar-refractivity contribution in [3.05, 3.63) is 29.3 Å². The summed E-state index contributed by atoms with van der Waals surface area (Å²) in [5.41, 5.74) is 1.11. The zero-order valence-corrected chi connectivity index (χ0v) is 17.2. The van der Waals surface area contributed by atoms with Gasteiger partial charge in [0.25, 0.3) is 0 Å². The quantitative estimate of drug-likeness (QED) is 0.413. The van der Waals surface area contributed by atoms with E-state index in [1.54, 1.807) is 11.3 Å². The Morgan fingerprint density at radius 2 is 2.11 bits per heavy atom. The highest BCUT2D eigenvalue weighted by Crippen LogP contribution is 2.22. The van der Waals surface area contributed by atoms with E-state index in [1.165, 1.54) is 9.71 Å². The van der Waals surface area contributed by atoms with Crippen molar-refractivity contribution in [3.63, 3.8) is 0 Å². The van der Waals surface area contributed by atoms with Gasteiger partial charge in [-0.2, -0.15) is 0 Å². The number of nitrogens with zero attached hydrogens (tertiary/aromatic N) is 3. The maximum atomic E-state index is 5.43. The summed E-state index contributed by atoms with van der Waals surface area (Å²) in [5.74, 6) is 0.905. The molecule has 2 heterocycles. The van der Waals surface area contributed by atoms with Crippen molar-refractivity contribution < 1.29 is 4.74 Å². The summed E-state index contributed by atoms with van der Waals surface area (Å²) in [6, 6.07) is 8.78. The lowest BCUT2D eigenvalue weighted by Crippen LogP contribution is -2.44. The minimum absolute atomic E-state index is 0.437. The van der Waals surface area contributed by atoms with Crippen LogP contribution in [0, 0.1) is 0 Å². The molecule has 2 aromatic rings. The van der Waals surface area contributed by atoms with Gasteiger partial charge in [0.05, 0.1) is 35.0 Å². The van der Waals surface area contributed by atoms with Crippen molar-refractivity contribution in [1.82, 2.24) is 20.5 Å². The molecule has 1 aromatic heterocycles. The van der Waals surface area contributed by atoms with Gasteiger partial charge in [-0.05, 0) is 32.4 Å². The molecule has 1 unspecified atom stereocenters. The molecule has 0 amide bonds. The highest BCUT2D eigenvalue weighted by atomic mass is 32.1. The Bertz CT molecular complexity index is 693. The first-order valence-corrected chi connectivity index (χ1v) is 10.8. The van der Waals surface area contributed by atoms with Crippen molar-refractivity contribution in [1.29, 1.82) is 0 Å². The standard InChI is InChI=1S/C20H31N5OS/c1-3-21-20(23-15-16(2)25-11-13-26-14-12-25)22-10-6-9-19-24-17-7-4-5-8-18(17)27-19/h4-5,7-8,16H,3,6,9-15H2,1-2H3,(H2,21,22,23). The molecule has 27 heavy (non-hydrogen) atoms. The van der Waals surface area contributed by atoms with E-state index in [9.17, 15) is 0 Å². The zero-order chi connectivity index (χ0) is 18.9. The molecule has 1 atom stereocenters. The number of nitrogens with one attached hydrogen (secondary N) is 2. The van der Waals surface area contributed by atoms with Crippen LogP contribution in [0.5, 0.6) is 0 Å². The molecule has 148 valence electrons. The molecule has 2 N–H and O–H groups in total. The van der Waals surface area contributed by atoms with Crippen LogP contribution in [0.25, 0.3) is 10.2 Å². The molecule has 6 nitrogen and oxygen atoms in total. The van der Waals surface area contributed by atoms with Crippen molar-refractivity contribution >= 4 is 27.5 Å². The summed E-state index contributed by atoms with van der Waals surface area (Å²) in [6.45, 7) is 10.6. The van der Waals surface area contributed by atoms with Crippen LogP contribution in [0.4, 0.5) is 0 Å². The van der Waals surface area contributed by atoms with E-state index in [-0.39, 0.29) is 0 Å². The van der Waals surface area contributed by atoms with E-state index in [0.717, 1.165) is 70.3 Å². The lowest BCUT2D eigenvalue weighted by atomic mass is 10.2. The zero-order valence-electron chi connectivity index (χ0n) is 16.4. The molecule has 0 bridgehead atoms. The van der Waals surface area contributed by atoms with E-state index >= 15 is 0 Å². The number of hydrogen-bond acceptors (Lipinski definition) is 5. The molecule has 0 aliphatic carbocycles. The van der Waals surface area contributed by atoms with Crippen LogP contribution in [0.3, 0.4) is 0 Å². The Hall–Kier alpha value is -1.70. The van der Waals surface area contributed by atoms with Gasteiger partial charge in [0.2, 0.25) is 0 Å². The number of hydrogen-bond donors (Lipinski definition) is 2. The summed E-state index contributed by atoms with van der Waals surface area (Å²) in [4.78, 5) is 11.9. The maximum Gasteiger partial charge on any atom is 0.191 e. The minimum atomic E-state index is 0.437. The van der Waals surface area contributed by atoms with E-state index in [1.807, 2.05) is 6.07 Å². The number of aliphatic imine (C=N–C) groups is 1. The Balaban J connectivity index is 1.43. The van der Waals surface area contributed by atoms with Crippen molar-refractivity contribution in [2.24, 2.45) is 4.99 Å². The van der Waals surface area contributed by atoms with Crippen LogP contribution in [-0.4, -0.2) is 67.8 Å². The number of thiazole rings is 1. The molecule has 1 saturated heterocycles. The third-order valence-electron chi connectivity index (χ3n) is 4.72. The largest absolute Gasteiger partial charge is 0.379 e. The van der Waals surface area contributed by atoms with E-state index in [4.69, 9.17) is 14.7 Å². The molecule has 1 aromatic carbocycles. The van der Waals surface area contributed by atoms with E-state index < -0.39 is 0 Å². The van der Waals surface area contributed by atoms with Crippen LogP contribution >= 0.6 is 11.3 Å². The van der Waals surface area contributed by atoms with Crippen molar-refractivity contribution in [2.75, 3.05) is 45.9 Å². The summed E-state index contributed by atoms with van der Waals surface area (Å²) in [7, 11) is 0. The topological polar surface area (TPSA) is 61.8 Å². The lowest BCUT2D eigenvalue weighted by molar-refractivity contribution is 0.0220. The number of fused-ring (bicyclic) bond motifs is 1. The van der Waals surface area contributed by atoms with Crippen LogP contribution in [0.2, 0.25) is 0 Å². The van der Waals surface area contributed by atoms with Crippen LogP contribution < -0.4 is 10.6 Å². The van der Waals surface area contributed by atoms with E-state index in [2.05, 4.69) is 47.6 Å². The van der Waals surface area contributed by atoms with Crippen LogP contribution in [0.1, 0.15) is 25.3 Å². The van der Waals surface area contributed by atoms with Gasteiger partial charge in [0.1, 0.15) is 0 Å². The second-order valence-electron chi connectivity index (χ2n) is 6.82. The molecule has 1 aliphatic heterocycles. The van der Waals surface area contributed by atoms with Crippen LogP contribution in [0.15, 0.2) is 29.3 Å². The third kappa shape index (κ3) is 6.16. The first-order valence-electron chi connectivity index (χ1n) is 9.94. The number of aryl methyl sites for hydroxylation is 1. The minimum Gasteiger partial charge on any atom is -0.379 e. The normalized spacial score (nSPS) is 17.2. The maximum absolute atomic E-state index is 5.43. The van der Waals surface area contributed by atoms with Gasteiger partial charge in [-0.25, -0.2) is 4.98 Å². The molecular formula is C20H31N5OS. The number of aromatic nitrogens is 1. The second kappa shape index (κ2) is 10.6. The first-order chi connectivity index (χ1) is 13.3. The Kier molecular flexibility index (Phi) is 7.86. The fourth-order valence-electron chi connectivity index (χ4n) is 3.17. The third-order valence-corrected chi connectivity index (χ3v) is 5.82. The number of para-hydroxylation sites is 1. The first kappa shape index (κ1) is 20.0. The molecule has 1 aliphatic rings. The van der Waals surface area contributed by atoms with Crippen molar-refractivity contribution in [3.8, 4) is 0 Å². The average Bonchev–Trinajstić information content (AvgIpc) is 3.12. The lowest BCUT2D eigenvalue weighted by Gasteiger charge is -2.31. The van der Waals surface area contributed by atoms with Gasteiger partial charge < -0.3 is 15.4 Å². The van der Waals surface area contributed by atoms with Gasteiger partial charge >= 0.3 is 0 Å². The highest BCUT2D eigenvalue weighted by Gasteiger charge is 2.16. The van der Waals surface area contributed by atoms with Gasteiger partial charge in [0.15, 0.2) is 5.96 Å². The second-order valence-corrected chi connectivity index (χ2v) is 7.94. The number of benzene rings is 1. The Morgan fingerprint density at radius 3 is 2.89 bits per heavy atom. The summed E-state index contributed by atoms with van der Waals surface area (Å²) in [5, 5.41) is 8.01. The van der Waals surface area contributed by atoms with Gasteiger partial charge in [0, 0.05) is 38.6 Å². The highest BCUT2D eigenvalue weighted by molar-refractivity contribution is 7.18. The smallest absolute Gasteiger partial charge is 0.191 e. The predicted molar refractivity (Wildman–Crippen MR) is 114 cm³/mol. The molecular weight excluding hydrogens is 358 g/mol. The monoisotopic (exact) mass is 389 g/mol. The molecule has 0 spiro atoms. The summed E-state index contributed by atoms with van der Waals surface area (Å²) >= 11 is 1.80. The van der Waals surface area contributed by atoms with Crippen molar-refractivity contribution in [2.45, 2.75) is 32.7 Å². The average molecular weight is 390 g/mol. The Morgan fingerprint density at radius 1 is 1.30 bits per heavy atom. The predicted octanol–water partition coefficient (Wildman–Crippen LogP) is 2.50. The molecule has 0 radical (unpaired) electrons. The number of rotatable bonds is 8. The van der Waals surface area contributed by atoms with Crippen LogP contribution in [-0.2, 0) is 11.2 Å². The van der Waals surface area contributed by atoms with Gasteiger partial charge in [-0.3, -0.25) is 9.89 Å². The Labute approximate surface area is 166 Å². The number of ether oxygens (including phenoxy) is 1. The molecule has 3 rings (SSSR count). The molecule has 1 fully saturated rings. The number of guanidine groups is 1. The summed E-state index contributed by atoms with van der Waals surface area (Å²) in [6.07, 6.45) is 2.04. The molecule has 7 heteroatoms.